The zero-order valence-electron chi connectivity index (χ0n) is 55.6. The van der Waals surface area contributed by atoms with E-state index in [1.165, 1.54) is 16.0 Å². The van der Waals surface area contributed by atoms with Crippen LogP contribution < -0.4 is 9.80 Å². The Balaban J connectivity index is 0.773. The van der Waals surface area contributed by atoms with Gasteiger partial charge in [-0.05, 0) is 292 Å². The molecule has 0 saturated carbocycles. The zero-order chi connectivity index (χ0) is 70.7. The van der Waals surface area contributed by atoms with Crippen molar-refractivity contribution in [3.8, 4) is 140 Å². The second kappa shape index (κ2) is 23.5. The number of carbonyl (C=O) groups is 5. The Bertz CT molecular complexity index is 6450. The minimum atomic E-state index is -1.22. The number of hydrogen-bond donors (Lipinski definition) is 1. The number of fused-ring (bicyclic) bond motifs is 8. The summed E-state index contributed by atoms with van der Waals surface area (Å²) in [5.74, 6) is 36.4. The van der Waals surface area contributed by atoms with Gasteiger partial charge in [0.2, 0.25) is 0 Å². The lowest BCUT2D eigenvalue weighted by Gasteiger charge is -2.34. The van der Waals surface area contributed by atoms with E-state index in [1.807, 2.05) is 119 Å². The van der Waals surface area contributed by atoms with Crippen LogP contribution in [-0.4, -0.2) is 39.7 Å². The summed E-state index contributed by atoms with van der Waals surface area (Å²) in [7, 11) is 0. The molecule has 1 atom stereocenters. The molecule has 0 radical (unpaired) electrons. The predicted molar refractivity (Wildman–Crippen MR) is 405 cm³/mol. The molecule has 0 saturated heterocycles. The van der Waals surface area contributed by atoms with Gasteiger partial charge in [0.05, 0.1) is 16.8 Å². The largest absolute Gasteiger partial charge is 0.477 e. The second-order valence-corrected chi connectivity index (χ2v) is 25.9. The highest BCUT2D eigenvalue weighted by atomic mass is 16.4. The molecule has 1 N–H and O–H groups in total. The molecule has 476 valence electrons. The number of terminal acetylenes is 2. The smallest absolute Gasteiger partial charge is 0.354 e. The third kappa shape index (κ3) is 9.03. The van der Waals surface area contributed by atoms with E-state index in [-0.39, 0.29) is 5.69 Å². The number of anilines is 2. The lowest BCUT2D eigenvalue weighted by atomic mass is 9.67. The van der Waals surface area contributed by atoms with E-state index in [9.17, 15) is 19.5 Å². The van der Waals surface area contributed by atoms with Gasteiger partial charge in [-0.1, -0.05) is 151 Å². The molecular weight excluding hydrogens is 1270 g/mol. The summed E-state index contributed by atoms with van der Waals surface area (Å²) in [5, 5.41) is 15.8. The van der Waals surface area contributed by atoms with E-state index in [4.69, 9.17) is 12.8 Å². The highest BCUT2D eigenvalue weighted by molar-refractivity contribution is 6.45. The maximum Gasteiger partial charge on any atom is 0.354 e. The molecule has 13 aromatic rings. The van der Waals surface area contributed by atoms with Crippen LogP contribution in [0, 0.1) is 123 Å². The number of rotatable bonds is 7. The van der Waals surface area contributed by atoms with Crippen LogP contribution in [0.25, 0.3) is 87.6 Å². The number of hydrogen-bond acceptors (Lipinski definition) is 6. The molecule has 3 heterocycles. The number of nitrogens with zero attached hydrogens (tertiary/aromatic N) is 3. The molecule has 9 heteroatoms. The topological polar surface area (TPSA) is 125 Å². The molecule has 1 unspecified atom stereocenters. The van der Waals surface area contributed by atoms with Gasteiger partial charge < -0.3 is 5.11 Å². The number of carboxylic acid groups (broad SMARTS) is 1. The standard InChI is InChI=1S/C94H49N3O6/c1-7-9-11-13-15-21-47-93(48-22-16-14-12-10-8-2)77-28-19-17-26-65(77)75-54-80-76(53-79(75)93)66-27-18-20-29-78(66)94(80,63-34-30-59(31-35-63)61-46-49-95-81(52-61)92(102)103)64-36-32-60(33-37-64)62-50-57(5)87(58(6)51-62)97-90(100)73-44-40-69-67-38-42-71-84-72(89(99)96(88(71)98)86-55(3)24-23-25-56(86)4)43-39-68(82(67)84)70-41-45-74(91(97)101)85(73)83(69)70/h1-2,17-20,23-46,49-54H,3-6H3,(H,102,103). The van der Waals surface area contributed by atoms with E-state index in [1.54, 1.807) is 36.4 Å². The Morgan fingerprint density at radius 2 is 0.786 bits per heavy atom. The van der Waals surface area contributed by atoms with Crippen molar-refractivity contribution in [2.45, 2.75) is 38.5 Å². The summed E-state index contributed by atoms with van der Waals surface area (Å²) >= 11 is 0. The third-order valence-corrected chi connectivity index (χ3v) is 20.6. The van der Waals surface area contributed by atoms with Crippen molar-refractivity contribution in [2.75, 3.05) is 9.80 Å². The Kier molecular flexibility index (Phi) is 14.1. The molecular formula is C94H49N3O6. The van der Waals surface area contributed by atoms with Crippen LogP contribution in [0.15, 0.2) is 206 Å². The zero-order valence-corrected chi connectivity index (χ0v) is 55.6. The van der Waals surface area contributed by atoms with Gasteiger partial charge >= 0.3 is 5.97 Å². The van der Waals surface area contributed by atoms with Crippen LogP contribution in [0.5, 0.6) is 0 Å². The second-order valence-electron chi connectivity index (χ2n) is 25.9. The first-order valence-electron chi connectivity index (χ1n) is 33.1. The van der Waals surface area contributed by atoms with Crippen LogP contribution >= 0.6 is 0 Å². The van der Waals surface area contributed by atoms with E-state index < -0.39 is 40.4 Å². The van der Waals surface area contributed by atoms with Crippen LogP contribution in [0.4, 0.5) is 11.4 Å². The number of aromatic nitrogens is 1. The number of benzene rings is 12. The molecule has 2 aliphatic carbocycles. The summed E-state index contributed by atoms with van der Waals surface area (Å²) in [6.45, 7) is 7.65. The van der Waals surface area contributed by atoms with Gasteiger partial charge in [-0.2, -0.15) is 0 Å². The van der Waals surface area contributed by atoms with Crippen molar-refractivity contribution in [1.82, 2.24) is 4.98 Å². The Labute approximate surface area is 593 Å². The normalized spacial score (nSPS) is 14.3. The summed E-state index contributed by atoms with van der Waals surface area (Å²) in [4.78, 5) is 78.7. The Morgan fingerprint density at radius 3 is 1.27 bits per heavy atom. The van der Waals surface area contributed by atoms with Crippen molar-refractivity contribution in [2.24, 2.45) is 0 Å². The first kappa shape index (κ1) is 61.9. The molecule has 4 amide bonds. The Hall–Kier alpha value is -14.7. The fourth-order valence-electron chi connectivity index (χ4n) is 16.5. The maximum absolute atomic E-state index is 15.3. The average molecular weight is 1320 g/mol. The molecule has 12 aromatic carbocycles. The molecule has 0 bridgehead atoms. The predicted octanol–water partition coefficient (Wildman–Crippen LogP) is 16.9. The summed E-state index contributed by atoms with van der Waals surface area (Å²) in [5.41, 5.74) is 16.2. The van der Waals surface area contributed by atoms with Crippen molar-refractivity contribution in [1.29, 1.82) is 0 Å². The third-order valence-electron chi connectivity index (χ3n) is 20.6. The quantitative estimate of drug-likeness (QED) is 0.0729. The van der Waals surface area contributed by atoms with Crippen LogP contribution in [0.1, 0.15) is 108 Å². The summed E-state index contributed by atoms with van der Waals surface area (Å²) < 4.78 is 0. The van der Waals surface area contributed by atoms with Gasteiger partial charge in [0, 0.05) is 39.2 Å². The first-order valence-corrected chi connectivity index (χ1v) is 33.1. The van der Waals surface area contributed by atoms with Crippen molar-refractivity contribution in [3.05, 3.63) is 290 Å². The Morgan fingerprint density at radius 1 is 0.369 bits per heavy atom. The highest BCUT2D eigenvalue weighted by Crippen LogP contribution is 2.61. The molecule has 1 aromatic heterocycles. The van der Waals surface area contributed by atoms with Crippen molar-refractivity contribution in [3.63, 3.8) is 0 Å². The van der Waals surface area contributed by atoms with Gasteiger partial charge in [-0.25, -0.2) is 19.6 Å². The number of carboxylic acids is 1. The molecule has 103 heavy (non-hydrogen) atoms. The van der Waals surface area contributed by atoms with Gasteiger partial charge in [0.15, 0.2) is 0 Å². The number of amides is 4. The minimum absolute atomic E-state index is 0.0650. The van der Waals surface area contributed by atoms with Crippen LogP contribution in [0.3, 0.4) is 0 Å². The highest BCUT2D eigenvalue weighted by Gasteiger charge is 2.50. The molecule has 2 aliphatic heterocycles. The molecule has 17 rings (SSSR count). The number of imide groups is 2. The first-order chi connectivity index (χ1) is 50.2. The van der Waals surface area contributed by atoms with Crippen LogP contribution in [0.2, 0.25) is 0 Å². The van der Waals surface area contributed by atoms with Crippen molar-refractivity contribution >= 4 is 84.1 Å². The van der Waals surface area contributed by atoms with Crippen LogP contribution in [-0.2, 0) is 10.8 Å². The van der Waals surface area contributed by atoms with Gasteiger partial charge in [0.25, 0.3) is 23.6 Å². The van der Waals surface area contributed by atoms with E-state index in [0.29, 0.717) is 50.0 Å². The van der Waals surface area contributed by atoms with E-state index >= 15 is 9.59 Å². The fourth-order valence-corrected chi connectivity index (χ4v) is 16.5. The lowest BCUT2D eigenvalue weighted by Crippen LogP contribution is -2.41. The molecule has 0 spiro atoms. The number of para-hydroxylation sites is 1. The minimum Gasteiger partial charge on any atom is -0.477 e. The number of carbonyl (C=O) groups excluding carboxylic acids is 4. The monoisotopic (exact) mass is 1320 g/mol. The average Bonchev–Trinajstić information content (AvgIpc) is 1.65. The molecule has 9 nitrogen and oxygen atoms in total. The number of aryl methyl sites for hydroxylation is 4. The molecule has 0 fully saturated rings. The fraction of sp³-hybridized carbons (Fsp3) is 0.0638. The van der Waals surface area contributed by atoms with E-state index in [2.05, 4.69) is 161 Å². The summed E-state index contributed by atoms with van der Waals surface area (Å²) in [6, 6.07) is 65.8. The van der Waals surface area contributed by atoms with Gasteiger partial charge in [-0.3, -0.25) is 19.2 Å². The SMILES string of the molecule is C#CC#CC#CC#CC1(C#CC#CC#CC#C)c2ccccc2-c2cc3c(cc21)-c1ccccc1C3(c1ccc(-c2ccnc(C(=O)O)c2)cc1)c1ccc(-c2cc(C)c(N3C(=O)c4ccc5c6ccc7c8c(ccc(c9ccc(c4c59)C3=O)c86)C(=O)N(c3c(C)cccc3C)C7=O)c(C)c2)cc1. The van der Waals surface area contributed by atoms with E-state index in [0.717, 1.165) is 127 Å². The molecule has 4 aliphatic rings. The van der Waals surface area contributed by atoms with Gasteiger partial charge in [0.1, 0.15) is 11.1 Å². The number of pyridine rings is 1. The lowest BCUT2D eigenvalue weighted by molar-refractivity contribution is 0.0689. The number of aromatic carboxylic acids is 1. The van der Waals surface area contributed by atoms with Crippen molar-refractivity contribution < 1.29 is 29.1 Å². The van der Waals surface area contributed by atoms with Gasteiger partial charge in [-0.15, -0.1) is 12.8 Å². The summed E-state index contributed by atoms with van der Waals surface area (Å²) in [6.07, 6.45) is 12.3. The maximum atomic E-state index is 15.3.